The molecule has 1 N–H and O–H groups in total. The van der Waals surface area contributed by atoms with E-state index in [1.807, 2.05) is 36.4 Å². The summed E-state index contributed by atoms with van der Waals surface area (Å²) in [6.07, 6.45) is 15.8. The van der Waals surface area contributed by atoms with Crippen LogP contribution in [0.15, 0.2) is 53.6 Å². The summed E-state index contributed by atoms with van der Waals surface area (Å²) in [4.78, 5) is 15.0. The number of halogens is 1. The van der Waals surface area contributed by atoms with E-state index in [9.17, 15) is 4.79 Å². The first kappa shape index (κ1) is 35.9. The average molecular weight is 664 g/mol. The quantitative estimate of drug-likeness (QED) is 0.134. The second-order valence-corrected chi connectivity index (χ2v) is 11.6. The van der Waals surface area contributed by atoms with Crippen molar-refractivity contribution in [2.24, 2.45) is 0 Å². The summed E-state index contributed by atoms with van der Waals surface area (Å²) in [6.45, 7) is 5.72. The number of anilines is 1. The largest absolute Gasteiger partial charge is 0.493 e. The van der Waals surface area contributed by atoms with Crippen LogP contribution in [0.5, 0.6) is 17.2 Å². The summed E-state index contributed by atoms with van der Waals surface area (Å²) in [6, 6.07) is 13.4. The number of amides is 1. The van der Waals surface area contributed by atoms with E-state index in [-0.39, 0.29) is 29.5 Å². The number of nitrogens with one attached hydrogen (secondary N) is 1. The zero-order chi connectivity index (χ0) is 29.1. The zero-order valence-corrected chi connectivity index (χ0v) is 28.4. The summed E-state index contributed by atoms with van der Waals surface area (Å²) >= 11 is 1.79. The Hall–Kier alpha value is -2.32. The van der Waals surface area contributed by atoms with Gasteiger partial charge in [-0.05, 0) is 42.5 Å². The van der Waals surface area contributed by atoms with E-state index < -0.39 is 0 Å². The normalized spacial score (nSPS) is 12.5. The van der Waals surface area contributed by atoms with E-state index >= 15 is 0 Å². The molecule has 0 fully saturated rings. The number of hydrogen-bond acceptors (Lipinski definition) is 6. The molecule has 0 unspecified atom stereocenters. The third-order valence-corrected chi connectivity index (χ3v) is 8.36. The molecule has 0 atom stereocenters. The first-order chi connectivity index (χ1) is 20.1. The fourth-order valence-corrected chi connectivity index (χ4v) is 5.84. The molecule has 42 heavy (non-hydrogen) atoms. The van der Waals surface area contributed by atoms with E-state index in [2.05, 4.69) is 29.5 Å². The number of unbranched alkanes of at least 4 members (excludes halogenated alkanes) is 11. The molecule has 1 amide bonds. The van der Waals surface area contributed by atoms with Crippen LogP contribution in [-0.2, 0) is 11.3 Å². The van der Waals surface area contributed by atoms with Gasteiger partial charge in [-0.2, -0.15) is 0 Å². The minimum absolute atomic E-state index is 0. The Bertz CT molecular complexity index is 1080. The lowest BCUT2D eigenvalue weighted by atomic mass is 10.1. The van der Waals surface area contributed by atoms with Crippen LogP contribution in [0.1, 0.15) is 96.5 Å². The first-order valence-electron chi connectivity index (χ1n) is 15.5. The van der Waals surface area contributed by atoms with Crippen molar-refractivity contribution in [1.29, 1.82) is 0 Å². The van der Waals surface area contributed by atoms with Crippen LogP contribution in [0, 0.1) is 0 Å². The van der Waals surface area contributed by atoms with Gasteiger partial charge in [-0.1, -0.05) is 95.8 Å². The molecule has 0 saturated heterocycles. The van der Waals surface area contributed by atoms with Gasteiger partial charge >= 0.3 is 0 Å². The minimum atomic E-state index is -0.202. The van der Waals surface area contributed by atoms with Crippen LogP contribution in [0.4, 0.5) is 5.69 Å². The lowest BCUT2D eigenvalue weighted by molar-refractivity contribution is -0.118. The Kier molecular flexibility index (Phi) is 18.3. The number of rotatable bonds is 21. The number of carbonyl (C=O) groups excluding carboxylic acids is 1. The Morgan fingerprint density at radius 2 is 1.55 bits per heavy atom. The van der Waals surface area contributed by atoms with Crippen molar-refractivity contribution >= 4 is 40.3 Å². The van der Waals surface area contributed by atoms with Crippen molar-refractivity contribution < 1.29 is 19.0 Å². The topological polar surface area (TPSA) is 60.0 Å². The number of thioether (sulfide) groups is 1. The number of ether oxygens (including phenoxy) is 3. The molecule has 0 spiro atoms. The summed E-state index contributed by atoms with van der Waals surface area (Å²) in [5, 5.41) is 5.17. The number of allylic oxidation sites excluding steroid dienone is 1. The molecule has 0 radical (unpaired) electrons. The predicted molar refractivity (Wildman–Crippen MR) is 182 cm³/mol. The third kappa shape index (κ3) is 13.3. The van der Waals surface area contributed by atoms with E-state index in [4.69, 9.17) is 14.2 Å². The van der Waals surface area contributed by atoms with Gasteiger partial charge in [-0.15, -0.1) is 28.7 Å². The number of carbonyl (C=O) groups is 1. The van der Waals surface area contributed by atoms with Gasteiger partial charge in [0.25, 0.3) is 5.91 Å². The maximum atomic E-state index is 12.7. The van der Waals surface area contributed by atoms with Crippen molar-refractivity contribution in [3.05, 3.63) is 59.1 Å². The van der Waals surface area contributed by atoms with Gasteiger partial charge in [0.1, 0.15) is 5.75 Å². The fourth-order valence-electron chi connectivity index (χ4n) is 4.90. The summed E-state index contributed by atoms with van der Waals surface area (Å²) < 4.78 is 17.3. The van der Waals surface area contributed by atoms with Crippen LogP contribution in [0.25, 0.3) is 0 Å². The molecule has 0 aliphatic carbocycles. The van der Waals surface area contributed by atoms with Gasteiger partial charge in [0.15, 0.2) is 18.1 Å². The highest BCUT2D eigenvalue weighted by molar-refractivity contribution is 8.93. The Morgan fingerprint density at radius 1 is 0.881 bits per heavy atom. The standard InChI is InChI=1S/C34H50N2O4S.BrH/c1-4-5-6-7-8-9-10-11-12-13-14-17-22-39-32-21-20-30(23-33(32)38-3)40-25-34(37)35-31-19-16-15-18-29(31)24-36-27-41-26-28(36)2;/h15-16,18-21,23,26H,4-14,17,22,24-25,27H2,1-3H3,(H,35,37);1H. The van der Waals surface area contributed by atoms with E-state index in [1.165, 1.54) is 76.3 Å². The van der Waals surface area contributed by atoms with Crippen LogP contribution < -0.4 is 19.5 Å². The van der Waals surface area contributed by atoms with Crippen LogP contribution in [-0.4, -0.2) is 37.0 Å². The zero-order valence-electron chi connectivity index (χ0n) is 25.8. The van der Waals surface area contributed by atoms with Gasteiger partial charge in [0, 0.05) is 24.0 Å². The Balaban J connectivity index is 0.00000616. The summed E-state index contributed by atoms with van der Waals surface area (Å²) in [5.41, 5.74) is 3.13. The van der Waals surface area contributed by atoms with Crippen molar-refractivity contribution in [3.63, 3.8) is 0 Å². The molecule has 234 valence electrons. The minimum Gasteiger partial charge on any atom is -0.493 e. The van der Waals surface area contributed by atoms with E-state index in [0.717, 1.165) is 30.1 Å². The highest BCUT2D eigenvalue weighted by atomic mass is 79.9. The maximum Gasteiger partial charge on any atom is 0.262 e. The van der Waals surface area contributed by atoms with Crippen molar-refractivity contribution in [1.82, 2.24) is 4.90 Å². The smallest absolute Gasteiger partial charge is 0.262 e. The first-order valence-corrected chi connectivity index (χ1v) is 16.5. The second-order valence-electron chi connectivity index (χ2n) is 10.8. The lowest BCUT2D eigenvalue weighted by Gasteiger charge is -2.21. The molecular weight excluding hydrogens is 612 g/mol. The van der Waals surface area contributed by atoms with Gasteiger partial charge in [-0.25, -0.2) is 0 Å². The molecule has 1 aliphatic heterocycles. The molecule has 1 aliphatic rings. The number of para-hydroxylation sites is 1. The SMILES string of the molecule is Br.CCCCCCCCCCCCCCOc1ccc(OCC(=O)Nc2ccccc2CN2CSC=C2C)cc1OC. The van der Waals surface area contributed by atoms with Crippen LogP contribution in [0.2, 0.25) is 0 Å². The molecule has 6 nitrogen and oxygen atoms in total. The molecule has 0 saturated carbocycles. The predicted octanol–water partition coefficient (Wildman–Crippen LogP) is 9.74. The third-order valence-electron chi connectivity index (χ3n) is 7.40. The number of hydrogen-bond donors (Lipinski definition) is 1. The maximum absolute atomic E-state index is 12.7. The van der Waals surface area contributed by atoms with Crippen molar-refractivity contribution in [2.45, 2.75) is 97.4 Å². The summed E-state index contributed by atoms with van der Waals surface area (Å²) in [7, 11) is 1.62. The van der Waals surface area contributed by atoms with Gasteiger partial charge in [0.2, 0.25) is 0 Å². The summed E-state index contributed by atoms with van der Waals surface area (Å²) in [5.74, 6) is 2.60. The van der Waals surface area contributed by atoms with Crippen LogP contribution in [0.3, 0.4) is 0 Å². The van der Waals surface area contributed by atoms with Crippen molar-refractivity contribution in [3.8, 4) is 17.2 Å². The van der Waals surface area contributed by atoms with E-state index in [0.29, 0.717) is 23.9 Å². The highest BCUT2D eigenvalue weighted by Gasteiger charge is 2.15. The molecule has 2 aromatic carbocycles. The Labute approximate surface area is 268 Å². The molecular formula is C34H51BrN2O4S. The van der Waals surface area contributed by atoms with Gasteiger partial charge in [-0.3, -0.25) is 4.79 Å². The average Bonchev–Trinajstić information content (AvgIpc) is 3.39. The molecule has 1 heterocycles. The molecule has 8 heteroatoms. The Morgan fingerprint density at radius 3 is 2.19 bits per heavy atom. The molecule has 0 aromatic heterocycles. The van der Waals surface area contributed by atoms with Gasteiger partial charge in [0.05, 0.1) is 19.6 Å². The lowest BCUT2D eigenvalue weighted by Crippen LogP contribution is -2.22. The van der Waals surface area contributed by atoms with Crippen LogP contribution >= 0.6 is 28.7 Å². The molecule has 2 aromatic rings. The highest BCUT2D eigenvalue weighted by Crippen LogP contribution is 2.32. The van der Waals surface area contributed by atoms with Gasteiger partial charge < -0.3 is 24.4 Å². The number of methoxy groups -OCH3 is 1. The monoisotopic (exact) mass is 662 g/mol. The fraction of sp³-hybridized carbons (Fsp3) is 0.559. The number of nitrogens with zero attached hydrogens (tertiary/aromatic N) is 1. The molecule has 3 rings (SSSR count). The second kappa shape index (κ2) is 21.4. The number of benzene rings is 2. The molecule has 0 bridgehead atoms. The van der Waals surface area contributed by atoms with Crippen molar-refractivity contribution in [2.75, 3.05) is 31.5 Å². The van der Waals surface area contributed by atoms with E-state index in [1.54, 1.807) is 24.9 Å².